The molecule has 1 N–H and O–H groups in total. The third-order valence-corrected chi connectivity index (χ3v) is 5.27. The van der Waals surface area contributed by atoms with E-state index in [4.69, 9.17) is 27.9 Å². The van der Waals surface area contributed by atoms with Gasteiger partial charge in [-0.05, 0) is 28.8 Å². The van der Waals surface area contributed by atoms with Gasteiger partial charge in [-0.3, -0.25) is 0 Å². The first-order chi connectivity index (χ1) is 13.1. The third kappa shape index (κ3) is 2.99. The fourth-order valence-corrected chi connectivity index (χ4v) is 3.64. The molecule has 4 aromatic rings. The summed E-state index contributed by atoms with van der Waals surface area (Å²) in [6.07, 6.45) is 0. The number of hydrogen-bond acceptors (Lipinski definition) is 4. The summed E-state index contributed by atoms with van der Waals surface area (Å²) < 4.78 is 7.41. The minimum atomic E-state index is -0.259. The van der Waals surface area contributed by atoms with Gasteiger partial charge in [0, 0.05) is 10.8 Å². The minimum absolute atomic E-state index is 0.0614. The molecule has 7 heteroatoms. The quantitative estimate of drug-likeness (QED) is 0.400. The van der Waals surface area contributed by atoms with Crippen LogP contribution in [0, 0.1) is 4.91 Å². The first kappa shape index (κ1) is 17.6. The monoisotopic (exact) mass is 400 g/mol. The van der Waals surface area contributed by atoms with Gasteiger partial charge in [-0.1, -0.05) is 59.6 Å². The number of halogens is 2. The zero-order chi connectivity index (χ0) is 19.0. The molecule has 0 saturated carbocycles. The van der Waals surface area contributed by atoms with Crippen molar-refractivity contribution < 1.29 is 9.84 Å². The fourth-order valence-electron chi connectivity index (χ4n) is 3.23. The van der Waals surface area contributed by atoms with Crippen molar-refractivity contribution in [3.05, 3.63) is 69.5 Å². The Kier molecular flexibility index (Phi) is 4.64. The standard InChI is InChI=1S/C20H14Cl2N2O3/c21-15-9-8-14-18(23-26)20(25)24(19(14)17(15)22)10-11-27-16-7-3-5-12-4-1-2-6-13(12)16/h1-9,25H,10-11H2. The Balaban J connectivity index is 1.67. The lowest BCUT2D eigenvalue weighted by molar-refractivity contribution is 0.293. The van der Waals surface area contributed by atoms with E-state index in [1.54, 1.807) is 12.1 Å². The normalized spacial score (nSPS) is 11.2. The third-order valence-electron chi connectivity index (χ3n) is 4.47. The lowest BCUT2D eigenvalue weighted by Gasteiger charge is -2.12. The summed E-state index contributed by atoms with van der Waals surface area (Å²) in [6.45, 7) is 0.521. The van der Waals surface area contributed by atoms with Gasteiger partial charge in [0.1, 0.15) is 12.4 Å². The molecule has 0 unspecified atom stereocenters. The average molecular weight is 401 g/mol. The number of benzene rings is 3. The predicted molar refractivity (Wildman–Crippen MR) is 109 cm³/mol. The minimum Gasteiger partial charge on any atom is -0.493 e. The Bertz CT molecular complexity index is 1170. The van der Waals surface area contributed by atoms with E-state index in [1.807, 2.05) is 42.5 Å². The van der Waals surface area contributed by atoms with E-state index in [9.17, 15) is 10.0 Å². The number of rotatable bonds is 5. The van der Waals surface area contributed by atoms with Gasteiger partial charge < -0.3 is 14.4 Å². The smallest absolute Gasteiger partial charge is 0.222 e. The van der Waals surface area contributed by atoms with E-state index >= 15 is 0 Å². The van der Waals surface area contributed by atoms with E-state index in [-0.39, 0.29) is 29.7 Å². The van der Waals surface area contributed by atoms with Crippen LogP contribution in [-0.2, 0) is 6.54 Å². The van der Waals surface area contributed by atoms with E-state index < -0.39 is 0 Å². The molecule has 136 valence electrons. The van der Waals surface area contributed by atoms with Crippen molar-refractivity contribution in [1.82, 2.24) is 4.57 Å². The van der Waals surface area contributed by atoms with Crippen molar-refractivity contribution in [2.45, 2.75) is 6.54 Å². The van der Waals surface area contributed by atoms with Crippen LogP contribution in [0.1, 0.15) is 0 Å². The summed E-state index contributed by atoms with van der Waals surface area (Å²) >= 11 is 12.4. The van der Waals surface area contributed by atoms with Crippen LogP contribution in [0.15, 0.2) is 59.8 Å². The van der Waals surface area contributed by atoms with Gasteiger partial charge in [-0.25, -0.2) is 0 Å². The van der Waals surface area contributed by atoms with Crippen LogP contribution in [0.25, 0.3) is 21.7 Å². The Morgan fingerprint density at radius 1 is 1.00 bits per heavy atom. The molecule has 1 aromatic heterocycles. The summed E-state index contributed by atoms with van der Waals surface area (Å²) in [7, 11) is 0. The second-order valence-corrected chi connectivity index (χ2v) is 6.78. The van der Waals surface area contributed by atoms with Gasteiger partial charge in [0.25, 0.3) is 0 Å². The molecule has 0 bridgehead atoms. The fraction of sp³-hybridized carbons (Fsp3) is 0.100. The molecule has 0 aliphatic heterocycles. The highest BCUT2D eigenvalue weighted by molar-refractivity contribution is 6.45. The van der Waals surface area contributed by atoms with Crippen LogP contribution in [0.2, 0.25) is 10.0 Å². The lowest BCUT2D eigenvalue weighted by atomic mass is 10.1. The number of nitrogens with zero attached hydrogens (tertiary/aromatic N) is 2. The number of nitroso groups, excluding NO2 is 1. The zero-order valence-corrected chi connectivity index (χ0v) is 15.5. The van der Waals surface area contributed by atoms with Crippen molar-refractivity contribution in [2.75, 3.05) is 6.61 Å². The van der Waals surface area contributed by atoms with Crippen LogP contribution in [0.3, 0.4) is 0 Å². The highest BCUT2D eigenvalue weighted by atomic mass is 35.5. The maximum Gasteiger partial charge on any atom is 0.222 e. The lowest BCUT2D eigenvalue weighted by Crippen LogP contribution is -2.08. The second kappa shape index (κ2) is 7.10. The molecule has 4 rings (SSSR count). The van der Waals surface area contributed by atoms with E-state index in [1.165, 1.54) is 4.57 Å². The van der Waals surface area contributed by atoms with Crippen molar-refractivity contribution in [1.29, 1.82) is 0 Å². The topological polar surface area (TPSA) is 63.8 Å². The van der Waals surface area contributed by atoms with Crippen LogP contribution in [0.5, 0.6) is 11.6 Å². The van der Waals surface area contributed by atoms with Gasteiger partial charge in [-0.15, -0.1) is 4.91 Å². The Hall–Kier alpha value is -2.76. The molecule has 0 spiro atoms. The molecular formula is C20H14Cl2N2O3. The summed E-state index contributed by atoms with van der Waals surface area (Å²) in [6, 6.07) is 16.9. The largest absolute Gasteiger partial charge is 0.493 e. The van der Waals surface area contributed by atoms with Crippen LogP contribution < -0.4 is 4.74 Å². The molecule has 0 aliphatic rings. The van der Waals surface area contributed by atoms with Gasteiger partial charge >= 0.3 is 0 Å². The number of fused-ring (bicyclic) bond motifs is 2. The molecule has 0 aliphatic carbocycles. The SMILES string of the molecule is O=Nc1c(O)n(CCOc2cccc3ccccc23)c2c(Cl)c(Cl)ccc12. The van der Waals surface area contributed by atoms with Gasteiger partial charge in [-0.2, -0.15) is 0 Å². The highest BCUT2D eigenvalue weighted by Crippen LogP contribution is 2.43. The molecule has 27 heavy (non-hydrogen) atoms. The average Bonchev–Trinajstić information content (AvgIpc) is 2.96. The summed E-state index contributed by atoms with van der Waals surface area (Å²) in [5.41, 5.74) is 0.395. The molecule has 0 atom stereocenters. The van der Waals surface area contributed by atoms with Crippen molar-refractivity contribution in [2.24, 2.45) is 5.18 Å². The van der Waals surface area contributed by atoms with Crippen LogP contribution in [-0.4, -0.2) is 16.3 Å². The summed E-state index contributed by atoms with van der Waals surface area (Å²) in [5.74, 6) is 0.479. The number of hydrogen-bond donors (Lipinski definition) is 1. The first-order valence-corrected chi connectivity index (χ1v) is 9.00. The van der Waals surface area contributed by atoms with Gasteiger partial charge in [0.2, 0.25) is 5.88 Å². The molecule has 5 nitrogen and oxygen atoms in total. The number of aromatic nitrogens is 1. The maximum atomic E-state index is 11.2. The van der Waals surface area contributed by atoms with Crippen LogP contribution in [0.4, 0.5) is 5.69 Å². The Labute approximate surface area is 164 Å². The molecule has 1 heterocycles. The first-order valence-electron chi connectivity index (χ1n) is 8.25. The van der Waals surface area contributed by atoms with E-state index in [0.29, 0.717) is 15.9 Å². The predicted octanol–water partition coefficient (Wildman–Crippen LogP) is 6.28. The summed E-state index contributed by atoms with van der Waals surface area (Å²) in [5, 5.41) is 16.4. The molecule has 0 amide bonds. The Morgan fingerprint density at radius 2 is 1.78 bits per heavy atom. The maximum absolute atomic E-state index is 11.2. The zero-order valence-electron chi connectivity index (χ0n) is 14.0. The number of aromatic hydroxyl groups is 1. The summed E-state index contributed by atoms with van der Waals surface area (Å²) in [4.78, 5) is 11.2. The van der Waals surface area contributed by atoms with Gasteiger partial charge in [0.15, 0.2) is 5.69 Å². The molecule has 3 aromatic carbocycles. The molecule has 0 fully saturated rings. The van der Waals surface area contributed by atoms with Crippen LogP contribution >= 0.6 is 23.2 Å². The van der Waals surface area contributed by atoms with E-state index in [2.05, 4.69) is 5.18 Å². The molecular weight excluding hydrogens is 387 g/mol. The Morgan fingerprint density at radius 3 is 2.59 bits per heavy atom. The second-order valence-electron chi connectivity index (χ2n) is 6.00. The molecule has 0 saturated heterocycles. The van der Waals surface area contributed by atoms with Gasteiger partial charge in [0.05, 0.1) is 22.1 Å². The van der Waals surface area contributed by atoms with Crippen molar-refractivity contribution in [3.8, 4) is 11.6 Å². The van der Waals surface area contributed by atoms with Crippen molar-refractivity contribution in [3.63, 3.8) is 0 Å². The van der Waals surface area contributed by atoms with Crippen molar-refractivity contribution >= 4 is 50.6 Å². The van der Waals surface area contributed by atoms with E-state index in [0.717, 1.165) is 16.5 Å². The molecule has 0 radical (unpaired) electrons. The number of ether oxygens (including phenoxy) is 1. The highest BCUT2D eigenvalue weighted by Gasteiger charge is 2.21.